The second-order valence-corrected chi connectivity index (χ2v) is 4.69. The summed E-state index contributed by atoms with van der Waals surface area (Å²) in [6, 6.07) is 0.889. The second-order valence-electron chi connectivity index (χ2n) is 4.69. The van der Waals surface area contributed by atoms with E-state index in [2.05, 4.69) is 19.2 Å². The van der Waals surface area contributed by atoms with E-state index in [4.69, 9.17) is 0 Å². The fourth-order valence-electron chi connectivity index (χ4n) is 2.29. The smallest absolute Gasteiger partial charge is 0.0126 e. The largest absolute Gasteiger partial charge is 0.313 e. The maximum Gasteiger partial charge on any atom is 0.0126 e. The molecule has 0 saturated heterocycles. The van der Waals surface area contributed by atoms with Gasteiger partial charge in [0.05, 0.1) is 0 Å². The van der Waals surface area contributed by atoms with Crippen LogP contribution in [-0.4, -0.2) is 12.6 Å². The molecule has 0 spiro atoms. The van der Waals surface area contributed by atoms with E-state index < -0.39 is 0 Å². The van der Waals surface area contributed by atoms with Gasteiger partial charge in [0, 0.05) is 6.04 Å². The molecule has 1 nitrogen and oxygen atoms in total. The number of rotatable bonds is 5. The van der Waals surface area contributed by atoms with Crippen LogP contribution < -0.4 is 5.32 Å². The summed E-state index contributed by atoms with van der Waals surface area (Å²) in [6.45, 7) is 5.88. The predicted molar refractivity (Wildman–Crippen MR) is 52.1 cm³/mol. The highest BCUT2D eigenvalue weighted by Gasteiger charge is 2.45. The van der Waals surface area contributed by atoms with Crippen LogP contribution in [-0.2, 0) is 0 Å². The molecule has 0 aliphatic heterocycles. The summed E-state index contributed by atoms with van der Waals surface area (Å²) in [5, 5.41) is 3.72. The molecule has 70 valence electrons. The lowest BCUT2D eigenvalue weighted by molar-refractivity contribution is 0.404. The molecular weight excluding hydrogens is 146 g/mol. The van der Waals surface area contributed by atoms with Crippen molar-refractivity contribution in [3.8, 4) is 0 Å². The minimum absolute atomic E-state index is 0.889. The minimum Gasteiger partial charge on any atom is -0.313 e. The standard InChI is InChI=1S/C11H21N/c1-3-6-12-11(9-4-5-9)10-7-8(10)2/h8-12H,3-7H2,1-2H3. The highest BCUT2D eigenvalue weighted by Crippen LogP contribution is 2.48. The fourth-order valence-corrected chi connectivity index (χ4v) is 2.29. The van der Waals surface area contributed by atoms with E-state index in [0.29, 0.717) is 0 Å². The number of hydrogen-bond acceptors (Lipinski definition) is 1. The van der Waals surface area contributed by atoms with Crippen LogP contribution in [0.4, 0.5) is 0 Å². The predicted octanol–water partition coefficient (Wildman–Crippen LogP) is 2.42. The Morgan fingerprint density at radius 3 is 2.50 bits per heavy atom. The Hall–Kier alpha value is -0.0400. The first-order valence-corrected chi connectivity index (χ1v) is 5.56. The lowest BCUT2D eigenvalue weighted by Crippen LogP contribution is -2.34. The van der Waals surface area contributed by atoms with Gasteiger partial charge in [-0.05, 0) is 50.0 Å². The van der Waals surface area contributed by atoms with E-state index in [0.717, 1.165) is 23.8 Å². The highest BCUT2D eigenvalue weighted by molar-refractivity contribution is 4.99. The van der Waals surface area contributed by atoms with Crippen LogP contribution in [0.5, 0.6) is 0 Å². The molecule has 0 heterocycles. The SMILES string of the molecule is CCCNC(C1CC1)C1CC1C. The monoisotopic (exact) mass is 167 g/mol. The molecular formula is C11H21N. The summed E-state index contributed by atoms with van der Waals surface area (Å²) < 4.78 is 0. The van der Waals surface area contributed by atoms with E-state index in [1.54, 1.807) is 0 Å². The van der Waals surface area contributed by atoms with Crippen molar-refractivity contribution in [2.45, 2.75) is 45.6 Å². The van der Waals surface area contributed by atoms with Gasteiger partial charge >= 0.3 is 0 Å². The van der Waals surface area contributed by atoms with E-state index in [1.807, 2.05) is 0 Å². The van der Waals surface area contributed by atoms with Gasteiger partial charge < -0.3 is 5.32 Å². The Labute approximate surface area is 75.9 Å². The minimum atomic E-state index is 0.889. The Kier molecular flexibility index (Phi) is 2.40. The average molecular weight is 167 g/mol. The summed E-state index contributed by atoms with van der Waals surface area (Å²) in [5.41, 5.74) is 0. The normalized spacial score (nSPS) is 36.5. The third kappa shape index (κ3) is 1.82. The molecule has 0 bridgehead atoms. The van der Waals surface area contributed by atoms with Crippen molar-refractivity contribution in [3.63, 3.8) is 0 Å². The molecule has 1 N–H and O–H groups in total. The third-order valence-electron chi connectivity index (χ3n) is 3.39. The molecule has 0 aromatic rings. The zero-order valence-electron chi connectivity index (χ0n) is 8.34. The zero-order valence-corrected chi connectivity index (χ0v) is 8.34. The van der Waals surface area contributed by atoms with Crippen LogP contribution >= 0.6 is 0 Å². The van der Waals surface area contributed by atoms with Gasteiger partial charge in [0.15, 0.2) is 0 Å². The molecule has 2 aliphatic carbocycles. The van der Waals surface area contributed by atoms with Crippen LogP contribution in [0.25, 0.3) is 0 Å². The van der Waals surface area contributed by atoms with Crippen molar-refractivity contribution >= 4 is 0 Å². The van der Waals surface area contributed by atoms with E-state index in [-0.39, 0.29) is 0 Å². The van der Waals surface area contributed by atoms with Gasteiger partial charge in [-0.3, -0.25) is 0 Å². The second kappa shape index (κ2) is 3.37. The fraction of sp³-hybridized carbons (Fsp3) is 1.00. The van der Waals surface area contributed by atoms with Crippen LogP contribution in [0.15, 0.2) is 0 Å². The van der Waals surface area contributed by atoms with Crippen molar-refractivity contribution in [2.24, 2.45) is 17.8 Å². The topological polar surface area (TPSA) is 12.0 Å². The van der Waals surface area contributed by atoms with Crippen molar-refractivity contribution in [1.82, 2.24) is 5.32 Å². The van der Waals surface area contributed by atoms with Crippen LogP contribution in [0.3, 0.4) is 0 Å². The molecule has 1 heteroatoms. The van der Waals surface area contributed by atoms with Crippen LogP contribution in [0.2, 0.25) is 0 Å². The van der Waals surface area contributed by atoms with Gasteiger partial charge in [0.1, 0.15) is 0 Å². The molecule has 0 aromatic carbocycles. The summed E-state index contributed by atoms with van der Waals surface area (Å²) in [5.74, 6) is 3.09. The van der Waals surface area contributed by atoms with E-state index in [1.165, 1.54) is 32.2 Å². The van der Waals surface area contributed by atoms with Crippen molar-refractivity contribution in [3.05, 3.63) is 0 Å². The Morgan fingerprint density at radius 1 is 1.42 bits per heavy atom. The maximum atomic E-state index is 3.72. The van der Waals surface area contributed by atoms with Crippen LogP contribution in [0, 0.1) is 17.8 Å². The summed E-state index contributed by atoms with van der Waals surface area (Å²) >= 11 is 0. The Balaban J connectivity index is 1.77. The Morgan fingerprint density at radius 2 is 2.08 bits per heavy atom. The van der Waals surface area contributed by atoms with Gasteiger partial charge in [-0.1, -0.05) is 13.8 Å². The quantitative estimate of drug-likeness (QED) is 0.663. The molecule has 2 rings (SSSR count). The van der Waals surface area contributed by atoms with E-state index >= 15 is 0 Å². The van der Waals surface area contributed by atoms with Gasteiger partial charge in [0.2, 0.25) is 0 Å². The zero-order chi connectivity index (χ0) is 8.55. The van der Waals surface area contributed by atoms with Gasteiger partial charge in [0.25, 0.3) is 0 Å². The van der Waals surface area contributed by atoms with Gasteiger partial charge in [-0.2, -0.15) is 0 Å². The summed E-state index contributed by atoms with van der Waals surface area (Å²) in [4.78, 5) is 0. The molecule has 0 amide bonds. The molecule has 3 unspecified atom stereocenters. The number of nitrogens with one attached hydrogen (secondary N) is 1. The first-order valence-electron chi connectivity index (χ1n) is 5.56. The van der Waals surface area contributed by atoms with Gasteiger partial charge in [-0.25, -0.2) is 0 Å². The lowest BCUT2D eigenvalue weighted by atomic mass is 10.1. The Bertz CT molecular complexity index is 151. The van der Waals surface area contributed by atoms with Crippen molar-refractivity contribution < 1.29 is 0 Å². The molecule has 0 radical (unpaired) electrons. The first kappa shape index (κ1) is 8.55. The van der Waals surface area contributed by atoms with E-state index in [9.17, 15) is 0 Å². The van der Waals surface area contributed by atoms with Crippen molar-refractivity contribution in [1.29, 1.82) is 0 Å². The van der Waals surface area contributed by atoms with Crippen LogP contribution in [0.1, 0.15) is 39.5 Å². The molecule has 12 heavy (non-hydrogen) atoms. The maximum absolute atomic E-state index is 3.72. The average Bonchev–Trinajstić information content (AvgIpc) is 2.89. The number of hydrogen-bond donors (Lipinski definition) is 1. The molecule has 2 fully saturated rings. The first-order chi connectivity index (χ1) is 5.83. The third-order valence-corrected chi connectivity index (χ3v) is 3.39. The molecule has 3 atom stereocenters. The molecule has 2 aliphatic rings. The highest BCUT2D eigenvalue weighted by atomic mass is 14.9. The lowest BCUT2D eigenvalue weighted by Gasteiger charge is -2.17. The molecule has 0 aromatic heterocycles. The summed E-state index contributed by atoms with van der Waals surface area (Å²) in [6.07, 6.45) is 5.75. The van der Waals surface area contributed by atoms with Gasteiger partial charge in [-0.15, -0.1) is 0 Å². The summed E-state index contributed by atoms with van der Waals surface area (Å²) in [7, 11) is 0. The molecule has 2 saturated carbocycles. The van der Waals surface area contributed by atoms with Crippen molar-refractivity contribution in [2.75, 3.05) is 6.54 Å².